The van der Waals surface area contributed by atoms with Gasteiger partial charge in [0.2, 0.25) is 0 Å². The Labute approximate surface area is 87.7 Å². The van der Waals surface area contributed by atoms with Gasteiger partial charge in [0.1, 0.15) is 5.82 Å². The number of benzene rings is 1. The summed E-state index contributed by atoms with van der Waals surface area (Å²) >= 11 is 6.54. The van der Waals surface area contributed by atoms with Gasteiger partial charge in [0, 0.05) is 9.80 Å². The van der Waals surface area contributed by atoms with E-state index in [0.717, 1.165) is 15.4 Å². The average molecular weight is 294 g/mol. The Morgan fingerprint density at radius 2 is 2.17 bits per heavy atom. The number of hydrogen-bond donors (Lipinski definition) is 0. The molecular weight excluding hydrogens is 287 g/mol. The molecule has 1 rings (SSSR count). The van der Waals surface area contributed by atoms with E-state index in [-0.39, 0.29) is 5.82 Å². The first-order valence-electron chi connectivity index (χ1n) is 3.41. The third kappa shape index (κ3) is 2.72. The van der Waals surface area contributed by atoms with Crippen LogP contribution in [0.1, 0.15) is 5.56 Å². The lowest BCUT2D eigenvalue weighted by Crippen LogP contribution is -1.78. The highest BCUT2D eigenvalue weighted by Crippen LogP contribution is 2.19. The summed E-state index contributed by atoms with van der Waals surface area (Å²) in [7, 11) is 0. The summed E-state index contributed by atoms with van der Waals surface area (Å²) in [5.74, 6) is -0.224. The Kier molecular flexibility index (Phi) is 3.95. The van der Waals surface area contributed by atoms with Crippen LogP contribution >= 0.6 is 31.9 Å². The van der Waals surface area contributed by atoms with Crippen molar-refractivity contribution in [1.82, 2.24) is 0 Å². The number of allylic oxidation sites excluding steroid dienone is 1. The molecule has 0 unspecified atom stereocenters. The van der Waals surface area contributed by atoms with Crippen molar-refractivity contribution in [1.29, 1.82) is 0 Å². The first-order chi connectivity index (χ1) is 5.74. The maximum absolute atomic E-state index is 12.6. The molecule has 12 heavy (non-hydrogen) atoms. The smallest absolute Gasteiger partial charge is 0.124 e. The molecular formula is C9H7Br2F. The van der Waals surface area contributed by atoms with Gasteiger partial charge in [-0.25, -0.2) is 4.39 Å². The van der Waals surface area contributed by atoms with Crippen LogP contribution in [0.25, 0.3) is 6.08 Å². The summed E-state index contributed by atoms with van der Waals surface area (Å²) in [4.78, 5) is 0. The summed E-state index contributed by atoms with van der Waals surface area (Å²) in [5.41, 5.74) is 0.982. The molecule has 0 aliphatic heterocycles. The lowest BCUT2D eigenvalue weighted by atomic mass is 10.2. The van der Waals surface area contributed by atoms with Crippen molar-refractivity contribution in [3.8, 4) is 0 Å². The highest BCUT2D eigenvalue weighted by molar-refractivity contribution is 9.10. The Hall–Kier alpha value is -0.150. The molecule has 0 bridgehead atoms. The maximum atomic E-state index is 12.6. The number of halogens is 3. The quantitative estimate of drug-likeness (QED) is 0.723. The highest BCUT2D eigenvalue weighted by Gasteiger charge is 1.96. The second kappa shape index (κ2) is 4.77. The zero-order chi connectivity index (χ0) is 8.97. The number of rotatable bonds is 2. The van der Waals surface area contributed by atoms with Crippen molar-refractivity contribution >= 4 is 37.9 Å². The number of hydrogen-bond acceptors (Lipinski definition) is 0. The molecule has 0 N–H and O–H groups in total. The lowest BCUT2D eigenvalue weighted by molar-refractivity contribution is 0.627. The summed E-state index contributed by atoms with van der Waals surface area (Å²) in [6.07, 6.45) is 3.89. The van der Waals surface area contributed by atoms with Crippen LogP contribution < -0.4 is 0 Å². The molecule has 0 saturated heterocycles. The molecule has 0 spiro atoms. The highest BCUT2D eigenvalue weighted by atomic mass is 79.9. The minimum Gasteiger partial charge on any atom is -0.207 e. The molecule has 64 valence electrons. The summed E-state index contributed by atoms with van der Waals surface area (Å²) in [5, 5.41) is 0.802. The van der Waals surface area contributed by atoms with Crippen LogP contribution in [-0.2, 0) is 0 Å². The molecule has 0 fully saturated rings. The molecule has 0 heterocycles. The SMILES string of the molecule is Fc1ccc(C=CCBr)c(Br)c1. The molecule has 1 aromatic carbocycles. The fraction of sp³-hybridized carbons (Fsp3) is 0.111. The van der Waals surface area contributed by atoms with Crippen LogP contribution in [0.4, 0.5) is 4.39 Å². The van der Waals surface area contributed by atoms with Crippen molar-refractivity contribution in [2.45, 2.75) is 0 Å². The van der Waals surface area contributed by atoms with Gasteiger partial charge in [-0.1, -0.05) is 50.1 Å². The molecule has 0 saturated carbocycles. The molecule has 1 aromatic rings. The van der Waals surface area contributed by atoms with Crippen LogP contribution in [0.5, 0.6) is 0 Å². The van der Waals surface area contributed by atoms with Crippen LogP contribution in [0.15, 0.2) is 28.7 Å². The summed E-state index contributed by atoms with van der Waals surface area (Å²) in [6.45, 7) is 0. The fourth-order valence-corrected chi connectivity index (χ4v) is 1.48. The van der Waals surface area contributed by atoms with Crippen LogP contribution in [-0.4, -0.2) is 5.33 Å². The van der Waals surface area contributed by atoms with E-state index in [2.05, 4.69) is 31.9 Å². The second-order valence-electron chi connectivity index (χ2n) is 2.22. The Morgan fingerprint density at radius 1 is 1.42 bits per heavy atom. The standard InChI is InChI=1S/C9H7Br2F/c10-5-1-2-7-3-4-8(12)6-9(7)11/h1-4,6H,5H2. The first kappa shape index (κ1) is 9.93. The summed E-state index contributed by atoms with van der Waals surface area (Å²) in [6, 6.07) is 4.63. The molecule has 0 amide bonds. The van der Waals surface area contributed by atoms with E-state index in [4.69, 9.17) is 0 Å². The van der Waals surface area contributed by atoms with Crippen LogP contribution in [0, 0.1) is 5.82 Å². The maximum Gasteiger partial charge on any atom is 0.124 e. The Morgan fingerprint density at radius 3 is 2.75 bits per heavy atom. The van der Waals surface area contributed by atoms with Crippen molar-refractivity contribution in [2.75, 3.05) is 5.33 Å². The van der Waals surface area contributed by atoms with Crippen LogP contribution in [0.2, 0.25) is 0 Å². The minimum atomic E-state index is -0.224. The van der Waals surface area contributed by atoms with E-state index in [0.29, 0.717) is 0 Å². The molecule has 3 heteroatoms. The normalized spacial score (nSPS) is 10.9. The molecule has 0 aliphatic rings. The largest absolute Gasteiger partial charge is 0.207 e. The Balaban J connectivity index is 2.94. The monoisotopic (exact) mass is 292 g/mol. The van der Waals surface area contributed by atoms with Gasteiger partial charge < -0.3 is 0 Å². The van der Waals surface area contributed by atoms with Gasteiger partial charge >= 0.3 is 0 Å². The van der Waals surface area contributed by atoms with E-state index in [1.54, 1.807) is 6.07 Å². The van der Waals surface area contributed by atoms with Crippen molar-refractivity contribution in [3.05, 3.63) is 40.1 Å². The van der Waals surface area contributed by atoms with Gasteiger partial charge in [0.25, 0.3) is 0 Å². The molecule has 0 nitrogen and oxygen atoms in total. The fourth-order valence-electron chi connectivity index (χ4n) is 0.808. The summed E-state index contributed by atoms with van der Waals surface area (Å²) < 4.78 is 13.4. The zero-order valence-corrected chi connectivity index (χ0v) is 9.40. The van der Waals surface area contributed by atoms with E-state index >= 15 is 0 Å². The van der Waals surface area contributed by atoms with Gasteiger partial charge in [0.05, 0.1) is 0 Å². The van der Waals surface area contributed by atoms with Gasteiger partial charge in [0.15, 0.2) is 0 Å². The molecule has 0 radical (unpaired) electrons. The first-order valence-corrected chi connectivity index (χ1v) is 5.33. The number of alkyl halides is 1. The average Bonchev–Trinajstić information content (AvgIpc) is 2.03. The molecule has 0 aromatic heterocycles. The second-order valence-corrected chi connectivity index (χ2v) is 3.72. The third-order valence-electron chi connectivity index (χ3n) is 1.35. The molecule has 0 aliphatic carbocycles. The Bertz CT molecular complexity index is 295. The van der Waals surface area contributed by atoms with Gasteiger partial charge in [-0.05, 0) is 17.7 Å². The van der Waals surface area contributed by atoms with Gasteiger partial charge in [-0.15, -0.1) is 0 Å². The van der Waals surface area contributed by atoms with Crippen LogP contribution in [0.3, 0.4) is 0 Å². The van der Waals surface area contributed by atoms with E-state index in [1.807, 2.05) is 12.2 Å². The van der Waals surface area contributed by atoms with E-state index in [1.165, 1.54) is 12.1 Å². The van der Waals surface area contributed by atoms with Gasteiger partial charge in [-0.3, -0.25) is 0 Å². The minimum absolute atomic E-state index is 0.224. The third-order valence-corrected chi connectivity index (χ3v) is 2.41. The van der Waals surface area contributed by atoms with Gasteiger partial charge in [-0.2, -0.15) is 0 Å². The predicted molar refractivity (Wildman–Crippen MR) is 56.9 cm³/mol. The van der Waals surface area contributed by atoms with E-state index in [9.17, 15) is 4.39 Å². The van der Waals surface area contributed by atoms with E-state index < -0.39 is 0 Å². The molecule has 0 atom stereocenters. The lowest BCUT2D eigenvalue weighted by Gasteiger charge is -1.97. The van der Waals surface area contributed by atoms with Crippen molar-refractivity contribution in [2.24, 2.45) is 0 Å². The predicted octanol–water partition coefficient (Wildman–Crippen LogP) is 4.00. The zero-order valence-electron chi connectivity index (χ0n) is 6.23. The van der Waals surface area contributed by atoms with Crippen molar-refractivity contribution < 1.29 is 4.39 Å². The van der Waals surface area contributed by atoms with Crippen molar-refractivity contribution in [3.63, 3.8) is 0 Å². The topological polar surface area (TPSA) is 0 Å².